The van der Waals surface area contributed by atoms with Crippen LogP contribution in [0.25, 0.3) is 27.6 Å². The van der Waals surface area contributed by atoms with Crippen molar-refractivity contribution in [3.63, 3.8) is 0 Å². The second-order valence-corrected chi connectivity index (χ2v) is 8.78. The Morgan fingerprint density at radius 2 is 1.77 bits per heavy atom. The molecular weight excluding hydrogens is 474 g/mol. The first kappa shape index (κ1) is 19.6. The third-order valence-electron chi connectivity index (χ3n) is 4.75. The zero-order chi connectivity index (χ0) is 21.2. The van der Waals surface area contributed by atoms with E-state index in [1.807, 2.05) is 78.2 Å². The van der Waals surface area contributed by atoms with Crippen LogP contribution in [-0.2, 0) is 11.2 Å². The van der Waals surface area contributed by atoms with Crippen molar-refractivity contribution < 1.29 is 4.79 Å². The van der Waals surface area contributed by atoms with Gasteiger partial charge in [-0.2, -0.15) is 9.61 Å². The third-order valence-corrected chi connectivity index (χ3v) is 6.14. The highest BCUT2D eigenvalue weighted by Gasteiger charge is 2.12. The Hall–Kier alpha value is -3.36. The van der Waals surface area contributed by atoms with Gasteiger partial charge in [-0.25, -0.2) is 0 Å². The first-order valence-electron chi connectivity index (χ1n) is 9.57. The van der Waals surface area contributed by atoms with Gasteiger partial charge < -0.3 is 5.32 Å². The van der Waals surface area contributed by atoms with Crippen molar-refractivity contribution in [3.05, 3.63) is 88.2 Å². The molecule has 0 fully saturated rings. The number of carbonyl (C=O) groups is 1. The van der Waals surface area contributed by atoms with Gasteiger partial charge in [-0.05, 0) is 53.4 Å². The standard InChI is InChI=1S/C23H16BrN5OS/c24-17-7-3-15(4-8-17)14-22(30)25-18-9-5-16(6-10-18)19-11-12-21-26-27-23(29(21)28-19)20-2-1-13-31-20/h1-13H,14H2,(H,25,30). The summed E-state index contributed by atoms with van der Waals surface area (Å²) in [6, 6.07) is 23.2. The molecular formula is C23H16BrN5OS. The highest BCUT2D eigenvalue weighted by Crippen LogP contribution is 2.25. The molecule has 0 aliphatic rings. The zero-order valence-electron chi connectivity index (χ0n) is 16.2. The van der Waals surface area contributed by atoms with Crippen molar-refractivity contribution in [2.45, 2.75) is 6.42 Å². The molecule has 0 unspecified atom stereocenters. The van der Waals surface area contributed by atoms with Gasteiger partial charge in [-0.3, -0.25) is 4.79 Å². The van der Waals surface area contributed by atoms with Crippen LogP contribution in [0.4, 0.5) is 5.69 Å². The fourth-order valence-corrected chi connectivity index (χ4v) is 4.18. The Kier molecular flexibility index (Phi) is 5.31. The molecule has 31 heavy (non-hydrogen) atoms. The number of nitrogens with zero attached hydrogens (tertiary/aromatic N) is 4. The average molecular weight is 490 g/mol. The number of nitrogens with one attached hydrogen (secondary N) is 1. The van der Waals surface area contributed by atoms with Gasteiger partial charge in [0.1, 0.15) is 0 Å². The maximum atomic E-state index is 12.3. The van der Waals surface area contributed by atoms with E-state index >= 15 is 0 Å². The second-order valence-electron chi connectivity index (χ2n) is 6.92. The monoisotopic (exact) mass is 489 g/mol. The Balaban J connectivity index is 1.33. The predicted octanol–water partition coefficient (Wildman–Crippen LogP) is 5.46. The van der Waals surface area contributed by atoms with Gasteiger partial charge in [-0.15, -0.1) is 21.5 Å². The Labute approximate surface area is 190 Å². The molecule has 152 valence electrons. The number of hydrogen-bond acceptors (Lipinski definition) is 5. The van der Waals surface area contributed by atoms with Gasteiger partial charge in [0.05, 0.1) is 17.0 Å². The summed E-state index contributed by atoms with van der Waals surface area (Å²) >= 11 is 5.00. The van der Waals surface area contributed by atoms with Crippen LogP contribution in [0.1, 0.15) is 5.56 Å². The Bertz CT molecular complexity index is 1350. The number of fused-ring (bicyclic) bond motifs is 1. The lowest BCUT2D eigenvalue weighted by molar-refractivity contribution is -0.115. The van der Waals surface area contributed by atoms with E-state index in [9.17, 15) is 4.79 Å². The van der Waals surface area contributed by atoms with Gasteiger partial charge in [-0.1, -0.05) is 46.3 Å². The van der Waals surface area contributed by atoms with Crippen LogP contribution in [0.2, 0.25) is 0 Å². The molecule has 6 nitrogen and oxygen atoms in total. The molecule has 1 amide bonds. The van der Waals surface area contributed by atoms with Crippen molar-refractivity contribution in [3.8, 4) is 22.0 Å². The molecule has 0 spiro atoms. The summed E-state index contributed by atoms with van der Waals surface area (Å²) in [7, 11) is 0. The number of carbonyl (C=O) groups excluding carboxylic acids is 1. The fourth-order valence-electron chi connectivity index (χ4n) is 3.22. The summed E-state index contributed by atoms with van der Waals surface area (Å²) in [5.41, 5.74) is 4.15. The minimum atomic E-state index is -0.0558. The molecule has 5 rings (SSSR count). The molecule has 0 atom stereocenters. The van der Waals surface area contributed by atoms with E-state index in [0.717, 1.165) is 37.7 Å². The van der Waals surface area contributed by atoms with Gasteiger partial charge in [0.15, 0.2) is 11.5 Å². The first-order valence-corrected chi connectivity index (χ1v) is 11.2. The normalized spacial score (nSPS) is 11.0. The van der Waals surface area contributed by atoms with Crippen molar-refractivity contribution in [2.75, 3.05) is 5.32 Å². The second kappa shape index (κ2) is 8.41. The summed E-state index contributed by atoms with van der Waals surface area (Å²) in [4.78, 5) is 13.4. The molecule has 0 aliphatic heterocycles. The molecule has 0 saturated carbocycles. The van der Waals surface area contributed by atoms with Gasteiger partial charge >= 0.3 is 0 Å². The molecule has 1 N–H and O–H groups in total. The molecule has 8 heteroatoms. The van der Waals surface area contributed by atoms with Gasteiger partial charge in [0.25, 0.3) is 0 Å². The SMILES string of the molecule is O=C(Cc1ccc(Br)cc1)Nc1ccc(-c2ccc3nnc(-c4cccs4)n3n2)cc1. The quantitative estimate of drug-likeness (QED) is 0.355. The van der Waals surface area contributed by atoms with Gasteiger partial charge in [0, 0.05) is 15.7 Å². The maximum Gasteiger partial charge on any atom is 0.228 e. The van der Waals surface area contributed by atoms with E-state index in [1.54, 1.807) is 15.9 Å². The van der Waals surface area contributed by atoms with Crippen LogP contribution in [0.15, 0.2) is 82.6 Å². The molecule has 0 aliphatic carbocycles. The zero-order valence-corrected chi connectivity index (χ0v) is 18.6. The van der Waals surface area contributed by atoms with E-state index in [-0.39, 0.29) is 5.91 Å². The van der Waals surface area contributed by atoms with Gasteiger partial charge in [0.2, 0.25) is 5.91 Å². The number of benzene rings is 2. The smallest absolute Gasteiger partial charge is 0.228 e. The third kappa shape index (κ3) is 4.26. The summed E-state index contributed by atoms with van der Waals surface area (Å²) in [5.74, 6) is 0.670. The van der Waals surface area contributed by atoms with Crippen LogP contribution in [-0.4, -0.2) is 25.7 Å². The van der Waals surface area contributed by atoms with Crippen LogP contribution >= 0.6 is 27.3 Å². The molecule has 3 heterocycles. The number of halogens is 1. The van der Waals surface area contributed by atoms with E-state index < -0.39 is 0 Å². The topological polar surface area (TPSA) is 72.2 Å². The van der Waals surface area contributed by atoms with Crippen molar-refractivity contribution in [1.29, 1.82) is 0 Å². The van der Waals surface area contributed by atoms with Crippen LogP contribution in [0, 0.1) is 0 Å². The molecule has 0 saturated heterocycles. The number of anilines is 1. The minimum absolute atomic E-state index is 0.0558. The average Bonchev–Trinajstić information content (AvgIpc) is 3.45. The van der Waals surface area contributed by atoms with Crippen LogP contribution in [0.5, 0.6) is 0 Å². The number of aromatic nitrogens is 4. The van der Waals surface area contributed by atoms with E-state index in [1.165, 1.54) is 0 Å². The summed E-state index contributed by atoms with van der Waals surface area (Å²) in [6.07, 6.45) is 0.326. The highest BCUT2D eigenvalue weighted by atomic mass is 79.9. The highest BCUT2D eigenvalue weighted by molar-refractivity contribution is 9.10. The van der Waals surface area contributed by atoms with E-state index in [2.05, 4.69) is 31.4 Å². The summed E-state index contributed by atoms with van der Waals surface area (Å²) in [6.45, 7) is 0. The number of thiophene rings is 1. The fraction of sp³-hybridized carbons (Fsp3) is 0.0435. The predicted molar refractivity (Wildman–Crippen MR) is 126 cm³/mol. The minimum Gasteiger partial charge on any atom is -0.326 e. The molecule has 0 bridgehead atoms. The van der Waals surface area contributed by atoms with E-state index in [0.29, 0.717) is 12.1 Å². The van der Waals surface area contributed by atoms with Crippen molar-refractivity contribution in [2.24, 2.45) is 0 Å². The van der Waals surface area contributed by atoms with Crippen LogP contribution < -0.4 is 5.32 Å². The molecule has 2 aromatic carbocycles. The Morgan fingerprint density at radius 1 is 0.968 bits per heavy atom. The van der Waals surface area contributed by atoms with E-state index in [4.69, 9.17) is 5.10 Å². The number of amides is 1. The molecule has 0 radical (unpaired) electrons. The first-order chi connectivity index (χ1) is 15.2. The van der Waals surface area contributed by atoms with Crippen molar-refractivity contribution in [1.82, 2.24) is 19.8 Å². The lowest BCUT2D eigenvalue weighted by Gasteiger charge is -2.07. The summed E-state index contributed by atoms with van der Waals surface area (Å²) < 4.78 is 2.75. The maximum absolute atomic E-state index is 12.3. The lowest BCUT2D eigenvalue weighted by Crippen LogP contribution is -2.14. The number of hydrogen-bond donors (Lipinski definition) is 1. The van der Waals surface area contributed by atoms with Crippen LogP contribution in [0.3, 0.4) is 0 Å². The Morgan fingerprint density at radius 3 is 2.52 bits per heavy atom. The largest absolute Gasteiger partial charge is 0.326 e. The van der Waals surface area contributed by atoms with Crippen molar-refractivity contribution >= 4 is 44.5 Å². The molecule has 3 aromatic heterocycles. The number of rotatable bonds is 5. The summed E-state index contributed by atoms with van der Waals surface area (Å²) in [5, 5.41) is 18.1. The molecule has 5 aromatic rings. The lowest BCUT2D eigenvalue weighted by atomic mass is 10.1.